The minimum absolute atomic E-state index is 0.00379. The molecule has 0 aliphatic heterocycles. The Morgan fingerprint density at radius 2 is 0.977 bits per heavy atom. The van der Waals surface area contributed by atoms with Gasteiger partial charge in [0.25, 0.3) is 0 Å². The van der Waals surface area contributed by atoms with Crippen LogP contribution in [0.25, 0.3) is 0 Å². The molecule has 0 saturated heterocycles. The molecule has 0 bridgehead atoms. The van der Waals surface area contributed by atoms with Crippen molar-refractivity contribution < 1.29 is 92.3 Å². The van der Waals surface area contributed by atoms with Crippen LogP contribution in [0.1, 0.15) is 150 Å². The maximum atomic E-state index is 14.2. The van der Waals surface area contributed by atoms with E-state index in [1.807, 2.05) is 48.5 Å². The average molecular weight is 1210 g/mol. The van der Waals surface area contributed by atoms with E-state index in [0.29, 0.717) is 49.7 Å². The van der Waals surface area contributed by atoms with Gasteiger partial charge in [-0.2, -0.15) is 9.59 Å². The number of hydrogen-bond donors (Lipinski definition) is 11. The number of rotatable bonds is 43. The van der Waals surface area contributed by atoms with Crippen molar-refractivity contribution in [3.8, 4) is 0 Å². The van der Waals surface area contributed by atoms with E-state index in [2.05, 4.69) is 31.9 Å². The monoisotopic (exact) mass is 1210 g/mol. The lowest BCUT2D eigenvalue weighted by Crippen LogP contribution is -2.56. The van der Waals surface area contributed by atoms with E-state index in [4.69, 9.17) is 20.4 Å². The van der Waals surface area contributed by atoms with Gasteiger partial charge in [-0.3, -0.25) is 52.7 Å². The molecule has 0 aliphatic carbocycles. The molecule has 26 heteroatoms. The minimum atomic E-state index is -1.63. The second-order valence-electron chi connectivity index (χ2n) is 20.6. The third-order valence-electron chi connectivity index (χ3n) is 13.6. The molecule has 472 valence electrons. The molecular weight excluding hydrogens is 1130 g/mol. The number of aliphatic carboxylic acids is 4. The van der Waals surface area contributed by atoms with E-state index in [0.717, 1.165) is 11.1 Å². The molecule has 6 amide bonds. The summed E-state index contributed by atoms with van der Waals surface area (Å²) in [6, 6.07) is 18.2. The first-order chi connectivity index (χ1) is 41.5. The number of Topliss-reactive ketones (excluding diaryl/α,β-unsaturated/α-hetero) is 3. The van der Waals surface area contributed by atoms with Gasteiger partial charge in [0.2, 0.25) is 35.4 Å². The number of ketones is 3. The number of carbonyl (C=O) groups excluding carboxylic acids is 11. The molecule has 3 aromatic rings. The van der Waals surface area contributed by atoms with Gasteiger partial charge >= 0.3 is 30.0 Å². The van der Waals surface area contributed by atoms with E-state index in [9.17, 15) is 77.6 Å². The predicted molar refractivity (Wildman–Crippen MR) is 309 cm³/mol. The Kier molecular flexibility index (Phi) is 35.4. The number of carbonyl (C=O) groups is 13. The van der Waals surface area contributed by atoms with Crippen molar-refractivity contribution in [2.45, 2.75) is 172 Å². The molecule has 0 radical (unpaired) electrons. The summed E-state index contributed by atoms with van der Waals surface area (Å²) in [5.74, 6) is -10.5. The summed E-state index contributed by atoms with van der Waals surface area (Å²) in [7, 11) is 0. The molecule has 0 fully saturated rings. The molecule has 0 heterocycles. The summed E-state index contributed by atoms with van der Waals surface area (Å²) in [4.78, 5) is 179. The first kappa shape index (κ1) is 73.8. The largest absolute Gasteiger partial charge is 0.481 e. The fourth-order valence-corrected chi connectivity index (χ4v) is 8.74. The van der Waals surface area contributed by atoms with E-state index < -0.39 is 102 Å². The van der Waals surface area contributed by atoms with Gasteiger partial charge < -0.3 is 58.1 Å². The smallest absolute Gasteiger partial charge is 0.373 e. The van der Waals surface area contributed by atoms with E-state index in [1.54, 1.807) is 36.4 Å². The molecule has 0 spiro atoms. The van der Waals surface area contributed by atoms with Gasteiger partial charge in [-0.25, -0.2) is 9.59 Å². The van der Waals surface area contributed by atoms with E-state index in [-0.39, 0.29) is 120 Å². The summed E-state index contributed by atoms with van der Waals surface area (Å²) in [6.45, 7) is 1.20. The number of benzene rings is 3. The normalized spacial score (nSPS) is 12.7. The zero-order valence-corrected chi connectivity index (χ0v) is 48.6. The van der Waals surface area contributed by atoms with Gasteiger partial charge in [-0.15, -0.1) is 0 Å². The second-order valence-corrected chi connectivity index (χ2v) is 20.6. The fraction of sp³-hybridized carbons (Fsp3) is 0.475. The third-order valence-corrected chi connectivity index (χ3v) is 13.6. The lowest BCUT2D eigenvalue weighted by atomic mass is 9.89. The van der Waals surface area contributed by atoms with Crippen molar-refractivity contribution in [1.82, 2.24) is 31.9 Å². The van der Waals surface area contributed by atoms with Crippen molar-refractivity contribution in [3.63, 3.8) is 0 Å². The van der Waals surface area contributed by atoms with Gasteiger partial charge in [0, 0.05) is 75.9 Å². The molecule has 6 atom stereocenters. The maximum absolute atomic E-state index is 14.2. The van der Waals surface area contributed by atoms with Gasteiger partial charge in [0.05, 0.1) is 12.5 Å². The topological polar surface area (TPSA) is 435 Å². The van der Waals surface area contributed by atoms with Crippen LogP contribution in [0.4, 0.5) is 0 Å². The molecular formula is C61H79N7O19. The lowest BCUT2D eigenvalue weighted by Gasteiger charge is -2.22. The molecule has 0 aliphatic rings. The van der Waals surface area contributed by atoms with Crippen molar-refractivity contribution >= 4 is 82.8 Å². The number of nitrogens with one attached hydrogen (secondary N) is 6. The number of carboxylic acids is 4. The maximum Gasteiger partial charge on any atom is 0.373 e. The average Bonchev–Trinajstić information content (AvgIpc) is 3.50. The highest BCUT2D eigenvalue weighted by atomic mass is 16.4. The van der Waals surface area contributed by atoms with Crippen LogP contribution in [-0.2, 0) is 86.5 Å². The molecule has 87 heavy (non-hydrogen) atoms. The van der Waals surface area contributed by atoms with Crippen molar-refractivity contribution in [3.05, 3.63) is 107 Å². The Morgan fingerprint density at radius 1 is 0.471 bits per heavy atom. The Hall–Kier alpha value is -9.29. The number of carboxylic acid groups (broad SMARTS) is 4. The molecule has 12 N–H and O–H groups in total. The number of amides is 6. The number of unbranched alkanes of at least 4 members (excludes halogenated alkanes) is 4. The highest BCUT2D eigenvalue weighted by Crippen LogP contribution is 2.18. The van der Waals surface area contributed by atoms with Crippen molar-refractivity contribution in [2.75, 3.05) is 6.54 Å². The quantitative estimate of drug-likeness (QED) is 0.0287. The van der Waals surface area contributed by atoms with Crippen LogP contribution in [0.2, 0.25) is 0 Å². The van der Waals surface area contributed by atoms with Crippen LogP contribution in [0.15, 0.2) is 84.9 Å². The second kappa shape index (κ2) is 41.7. The first-order valence-corrected chi connectivity index (χ1v) is 28.6. The number of nitrogens with two attached hydrogens (primary N) is 1. The van der Waals surface area contributed by atoms with Crippen LogP contribution in [0.3, 0.4) is 0 Å². The lowest BCUT2D eigenvalue weighted by molar-refractivity contribution is -0.192. The zero-order valence-electron chi connectivity index (χ0n) is 48.6. The summed E-state index contributed by atoms with van der Waals surface area (Å²) in [5.41, 5.74) is 8.51. The highest BCUT2D eigenvalue weighted by Gasteiger charge is 2.31. The van der Waals surface area contributed by atoms with Gasteiger partial charge in [0.15, 0.2) is 11.6 Å². The zero-order chi connectivity index (χ0) is 64.7. The first-order valence-electron chi connectivity index (χ1n) is 28.6. The summed E-state index contributed by atoms with van der Waals surface area (Å²) in [6.07, 6.45) is 1.99. The molecule has 0 aromatic heterocycles. The summed E-state index contributed by atoms with van der Waals surface area (Å²) >= 11 is 0. The van der Waals surface area contributed by atoms with Gasteiger partial charge in [0.1, 0.15) is 30.0 Å². The Morgan fingerprint density at radius 3 is 1.53 bits per heavy atom. The molecule has 1 unspecified atom stereocenters. The third kappa shape index (κ3) is 32.0. The Balaban J connectivity index is 0.00000842. The minimum Gasteiger partial charge on any atom is -0.481 e. The molecule has 3 aromatic carbocycles. The molecule has 3 rings (SSSR count). The summed E-state index contributed by atoms with van der Waals surface area (Å²) < 4.78 is 0. The van der Waals surface area contributed by atoms with E-state index >= 15 is 0 Å². The van der Waals surface area contributed by atoms with Crippen LogP contribution in [0, 0.1) is 5.92 Å². The highest BCUT2D eigenvalue weighted by molar-refractivity contribution is 5.97. The standard InChI is InChI=1S/C60H79N7O17.CO2/c1-2-45(59(81)82)66-58(80)48(35-55(76)77)67-57(79)44(61)37-62-51(71)22-15-13-21-49(69)41-28-26-40(27-29-41)36-63-56(78)42(32-38-16-6-3-7-17-38)34-50(70)47(33-39-18-8-4-9-19-39)65-53(73)24-14-12-20-43(68)30-31-46(60(83)84)64-52(72)23-10-5-11-25-54(74)75;2-1-3/h3-4,6-9,16-19,26-29,42,44-48H,2,5,10-15,20-25,30-37,61H2,1H3,(H,62,71)(H,63,78)(H,64,72)(H,65,73)(H,66,80)(H,67,79)(H,74,75)(H,76,77)(H,81,82)(H,83,84);/t42-,44+,45?,46+,47+,48+;/m1./s1. The number of hydrogen-bond acceptors (Lipinski definition) is 16. The summed E-state index contributed by atoms with van der Waals surface area (Å²) in [5, 5.41) is 51.8. The van der Waals surface area contributed by atoms with Crippen LogP contribution < -0.4 is 37.6 Å². The van der Waals surface area contributed by atoms with Crippen molar-refractivity contribution in [2.24, 2.45) is 11.7 Å². The van der Waals surface area contributed by atoms with Crippen LogP contribution in [0.5, 0.6) is 0 Å². The fourth-order valence-electron chi connectivity index (χ4n) is 8.74. The van der Waals surface area contributed by atoms with Crippen LogP contribution >= 0.6 is 0 Å². The SMILES string of the molecule is CCC(NC(=O)[C@H](CC(=O)O)NC(=O)[C@@H](N)CNC(=O)CCCCC(=O)c1ccc(CNC(=O)[C@@H](CC(=O)[C@H](Cc2ccccc2)NC(=O)CCCCC(=O)CC[C@H](NC(=O)CCCCCC(=O)O)C(=O)O)Cc2ccccc2)cc1)C(=O)O.O=C=O. The van der Waals surface area contributed by atoms with E-state index in [1.165, 1.54) is 6.92 Å². The predicted octanol–water partition coefficient (Wildman–Crippen LogP) is 2.90. The Labute approximate surface area is 502 Å². The molecule has 26 nitrogen and oxygen atoms in total. The van der Waals surface area contributed by atoms with Gasteiger partial charge in [-0.1, -0.05) is 98.3 Å². The van der Waals surface area contributed by atoms with Crippen LogP contribution in [-0.4, -0.2) is 140 Å². The van der Waals surface area contributed by atoms with Gasteiger partial charge in [-0.05, 0) is 80.9 Å². The molecule has 0 saturated carbocycles. The Bertz CT molecular complexity index is 2810. The van der Waals surface area contributed by atoms with Crippen molar-refractivity contribution in [1.29, 1.82) is 0 Å².